The van der Waals surface area contributed by atoms with E-state index in [1.807, 2.05) is 10.7 Å². The minimum atomic E-state index is -0.299. The first-order valence-electron chi connectivity index (χ1n) is 2.54. The molecule has 0 fully saturated rings. The highest BCUT2D eigenvalue weighted by Gasteiger charge is 1.97. The van der Waals surface area contributed by atoms with E-state index in [2.05, 4.69) is 9.68 Å². The van der Waals surface area contributed by atoms with Crippen LogP contribution in [0.5, 0.6) is 0 Å². The van der Waals surface area contributed by atoms with Gasteiger partial charge in [0.05, 0.1) is 0 Å². The van der Waals surface area contributed by atoms with Crippen LogP contribution >= 0.6 is 0 Å². The first kappa shape index (κ1) is 8.54. The van der Waals surface area contributed by atoms with Gasteiger partial charge in [-0.25, -0.2) is 0 Å². The Kier molecular flexibility index (Phi) is 4.84. The van der Waals surface area contributed by atoms with Crippen LogP contribution in [0.3, 0.4) is 0 Å². The molecular formula is C4H6N2O4. The van der Waals surface area contributed by atoms with Crippen molar-refractivity contribution in [2.75, 3.05) is 0 Å². The third kappa shape index (κ3) is 3.53. The van der Waals surface area contributed by atoms with Gasteiger partial charge >= 0.3 is 5.95 Å². The molecule has 0 heterocycles. The molecule has 0 saturated heterocycles. The van der Waals surface area contributed by atoms with Crippen LogP contribution in [0.1, 0.15) is 13.3 Å². The lowest BCUT2D eigenvalue weighted by Gasteiger charge is -1.92. The van der Waals surface area contributed by atoms with Crippen LogP contribution in [0.2, 0.25) is 0 Å². The molecule has 0 rings (SSSR count). The molecule has 0 radical (unpaired) electrons. The first-order chi connectivity index (χ1) is 4.85. The largest absolute Gasteiger partial charge is 0.341 e. The number of hydrogen-bond acceptors (Lipinski definition) is 6. The molecular weight excluding hydrogens is 140 g/mol. The maximum absolute atomic E-state index is 9.43. The molecule has 0 aliphatic rings. The van der Waals surface area contributed by atoms with E-state index in [-0.39, 0.29) is 5.95 Å². The van der Waals surface area contributed by atoms with Crippen LogP contribution in [-0.2, 0) is 9.68 Å². The fourth-order valence-corrected chi connectivity index (χ4v) is 0.331. The summed E-state index contributed by atoms with van der Waals surface area (Å²) in [4.78, 5) is 26.7. The Morgan fingerprint density at radius 1 is 1.40 bits per heavy atom. The van der Waals surface area contributed by atoms with E-state index in [1.165, 1.54) is 6.08 Å². The average molecular weight is 146 g/mol. The molecule has 0 N–H and O–H groups in total. The van der Waals surface area contributed by atoms with Crippen molar-refractivity contribution in [1.82, 2.24) is 0 Å². The van der Waals surface area contributed by atoms with Gasteiger partial charge < -0.3 is 0 Å². The molecule has 0 aromatic carbocycles. The van der Waals surface area contributed by atoms with Crippen molar-refractivity contribution in [2.45, 2.75) is 13.3 Å². The van der Waals surface area contributed by atoms with Gasteiger partial charge in [0.1, 0.15) is 0 Å². The van der Waals surface area contributed by atoms with Crippen molar-refractivity contribution in [3.8, 4) is 0 Å². The van der Waals surface area contributed by atoms with Crippen molar-refractivity contribution >= 4 is 0 Å². The number of allylic oxidation sites excluding steroid dienone is 1. The van der Waals surface area contributed by atoms with E-state index in [1.54, 1.807) is 6.92 Å². The van der Waals surface area contributed by atoms with Gasteiger partial charge in [-0.3, -0.25) is 9.68 Å². The van der Waals surface area contributed by atoms with E-state index in [0.29, 0.717) is 6.42 Å². The smallest absolute Gasteiger partial charge is 0.282 e. The van der Waals surface area contributed by atoms with Gasteiger partial charge in [0.2, 0.25) is 0 Å². The summed E-state index contributed by atoms with van der Waals surface area (Å²) in [6, 6.07) is 0. The van der Waals surface area contributed by atoms with Crippen LogP contribution in [-0.4, -0.2) is 0 Å². The van der Waals surface area contributed by atoms with Gasteiger partial charge in [0.25, 0.3) is 0 Å². The zero-order valence-electron chi connectivity index (χ0n) is 5.31. The van der Waals surface area contributed by atoms with E-state index in [0.717, 1.165) is 0 Å². The van der Waals surface area contributed by atoms with Gasteiger partial charge in [-0.2, -0.15) is 0 Å². The van der Waals surface area contributed by atoms with Crippen LogP contribution in [0.25, 0.3) is 0 Å². The Balaban J connectivity index is 3.82. The maximum atomic E-state index is 9.43. The summed E-state index contributed by atoms with van der Waals surface area (Å²) in [5, 5.41) is 4.06. The van der Waals surface area contributed by atoms with Crippen molar-refractivity contribution < 1.29 is 9.68 Å². The molecule has 0 aromatic heterocycles. The Morgan fingerprint density at radius 2 is 1.90 bits per heavy atom. The van der Waals surface area contributed by atoms with Crippen LogP contribution in [0, 0.1) is 9.81 Å². The lowest BCUT2D eigenvalue weighted by Crippen LogP contribution is -1.85. The van der Waals surface area contributed by atoms with E-state index in [9.17, 15) is 9.81 Å². The highest BCUT2D eigenvalue weighted by atomic mass is 16.9. The zero-order valence-corrected chi connectivity index (χ0v) is 5.31. The summed E-state index contributed by atoms with van der Waals surface area (Å²) >= 11 is 0. The molecule has 0 spiro atoms. The Bertz CT molecular complexity index is 132. The number of rotatable bonds is 5. The van der Waals surface area contributed by atoms with E-state index >= 15 is 0 Å². The lowest BCUT2D eigenvalue weighted by atomic mass is 10.5. The summed E-state index contributed by atoms with van der Waals surface area (Å²) < 4.78 is 0. The zero-order chi connectivity index (χ0) is 7.82. The van der Waals surface area contributed by atoms with Crippen LogP contribution in [0.4, 0.5) is 0 Å². The van der Waals surface area contributed by atoms with Crippen LogP contribution < -0.4 is 0 Å². The van der Waals surface area contributed by atoms with Gasteiger partial charge in [-0.15, -0.1) is 9.81 Å². The molecule has 0 unspecified atom stereocenters. The standard InChI is InChI=1S/C4H6N2O4/c1-2-3-4(9-5-7)10-6-8/h3H,2H2,1H3. The highest BCUT2D eigenvalue weighted by molar-refractivity contribution is 4.80. The Morgan fingerprint density at radius 3 is 2.20 bits per heavy atom. The van der Waals surface area contributed by atoms with Crippen molar-refractivity contribution in [1.29, 1.82) is 0 Å². The fourth-order valence-electron chi connectivity index (χ4n) is 0.331. The Hall–Kier alpha value is -1.46. The normalized spacial score (nSPS) is 7.70. The summed E-state index contributed by atoms with van der Waals surface area (Å²) in [7, 11) is 0. The number of hydrogen-bond donors (Lipinski definition) is 0. The predicted octanol–water partition coefficient (Wildman–Crippen LogP) is 1.63. The third-order valence-corrected chi connectivity index (χ3v) is 0.625. The second kappa shape index (κ2) is 5.67. The Labute approximate surface area is 56.7 Å². The van der Waals surface area contributed by atoms with E-state index < -0.39 is 0 Å². The summed E-state index contributed by atoms with van der Waals surface area (Å²) in [5.41, 5.74) is 0. The van der Waals surface area contributed by atoms with Gasteiger partial charge in [0, 0.05) is 6.08 Å². The van der Waals surface area contributed by atoms with Gasteiger partial charge in [0.15, 0.2) is 10.7 Å². The lowest BCUT2D eigenvalue weighted by molar-refractivity contribution is 0.0359. The molecule has 0 bridgehead atoms. The van der Waals surface area contributed by atoms with Gasteiger partial charge in [-0.1, -0.05) is 6.92 Å². The molecule has 0 amide bonds. The van der Waals surface area contributed by atoms with Crippen molar-refractivity contribution in [2.24, 2.45) is 10.7 Å². The summed E-state index contributed by atoms with van der Waals surface area (Å²) in [5.74, 6) is -0.299. The van der Waals surface area contributed by atoms with Crippen LogP contribution in [0.15, 0.2) is 22.7 Å². The topological polar surface area (TPSA) is 77.3 Å². The monoisotopic (exact) mass is 146 g/mol. The highest BCUT2D eigenvalue weighted by Crippen LogP contribution is 2.01. The second-order valence-corrected chi connectivity index (χ2v) is 1.26. The molecule has 6 nitrogen and oxygen atoms in total. The summed E-state index contributed by atoms with van der Waals surface area (Å²) in [6.07, 6.45) is 1.91. The van der Waals surface area contributed by atoms with Crippen molar-refractivity contribution in [3.63, 3.8) is 0 Å². The molecule has 10 heavy (non-hydrogen) atoms. The molecule has 56 valence electrons. The molecule has 0 aliphatic heterocycles. The fraction of sp³-hybridized carbons (Fsp3) is 0.500. The average Bonchev–Trinajstić information content (AvgIpc) is 1.90. The third-order valence-electron chi connectivity index (χ3n) is 0.625. The molecule has 0 atom stereocenters. The molecule has 0 aliphatic carbocycles. The SMILES string of the molecule is CCC=C(ON=O)ON=O. The molecule has 0 saturated carbocycles. The summed E-state index contributed by atoms with van der Waals surface area (Å²) in [6.45, 7) is 1.77. The minimum absolute atomic E-state index is 0.299. The molecule has 0 aromatic rings. The quantitative estimate of drug-likeness (QED) is 0.335. The minimum Gasteiger partial charge on any atom is -0.282 e. The predicted molar refractivity (Wildman–Crippen MR) is 32.1 cm³/mol. The number of nitrogens with zero attached hydrogens (tertiary/aromatic N) is 2. The molecule has 6 heteroatoms. The second-order valence-electron chi connectivity index (χ2n) is 1.26. The maximum Gasteiger partial charge on any atom is 0.341 e. The van der Waals surface area contributed by atoms with Gasteiger partial charge in [-0.05, 0) is 6.42 Å². The van der Waals surface area contributed by atoms with Crippen molar-refractivity contribution in [3.05, 3.63) is 21.8 Å². The van der Waals surface area contributed by atoms with E-state index in [4.69, 9.17) is 0 Å². The first-order valence-corrected chi connectivity index (χ1v) is 2.54.